The maximum absolute atomic E-state index is 12.2. The third-order valence-electron chi connectivity index (χ3n) is 11.8. The van der Waals surface area contributed by atoms with Crippen molar-refractivity contribution in [2.75, 3.05) is 28.4 Å². The molecule has 0 bridgehead atoms. The van der Waals surface area contributed by atoms with Crippen LogP contribution in [0.15, 0.2) is 194 Å². The number of ether oxygens (including phenoxy) is 4. The standard InChI is InChI=1S/C56H44O8Si/c1-61-53(57)45-13-5-37(6-14-45)41-21-29-49(30-22-41)65(50-31-23-42(24-32-50)38-7-15-46(16-8-38)54(58)62-2,51-33-25-43(26-34-51)39-9-17-47(18-10-39)55(59)63-3)52-35-27-44(28-36-52)40-11-19-48(20-12-40)56(60)64-4/h5-36H,1-4H3. The Bertz CT molecular complexity index is 2540. The monoisotopic (exact) mass is 872 g/mol. The van der Waals surface area contributed by atoms with Crippen LogP contribution in [-0.4, -0.2) is 60.4 Å². The van der Waals surface area contributed by atoms with Crippen molar-refractivity contribution in [2.45, 2.75) is 0 Å². The lowest BCUT2D eigenvalue weighted by Gasteiger charge is -2.35. The fourth-order valence-electron chi connectivity index (χ4n) is 8.32. The van der Waals surface area contributed by atoms with Crippen molar-refractivity contribution < 1.29 is 38.1 Å². The van der Waals surface area contributed by atoms with Gasteiger partial charge in [0.05, 0.1) is 50.7 Å². The van der Waals surface area contributed by atoms with Crippen LogP contribution < -0.4 is 20.7 Å². The first-order valence-electron chi connectivity index (χ1n) is 20.8. The molecule has 0 unspecified atom stereocenters. The maximum atomic E-state index is 12.2. The van der Waals surface area contributed by atoms with Crippen molar-refractivity contribution in [3.63, 3.8) is 0 Å². The van der Waals surface area contributed by atoms with Crippen LogP contribution in [0.25, 0.3) is 44.5 Å². The molecule has 0 aliphatic carbocycles. The first kappa shape index (κ1) is 43.5. The minimum absolute atomic E-state index is 0.389. The smallest absolute Gasteiger partial charge is 0.337 e. The number of hydrogen-bond acceptors (Lipinski definition) is 8. The van der Waals surface area contributed by atoms with Gasteiger partial charge < -0.3 is 18.9 Å². The highest BCUT2D eigenvalue weighted by Gasteiger charge is 2.41. The topological polar surface area (TPSA) is 105 Å². The minimum Gasteiger partial charge on any atom is -0.465 e. The Morgan fingerprint density at radius 3 is 0.523 bits per heavy atom. The molecule has 0 aliphatic heterocycles. The van der Waals surface area contributed by atoms with Crippen molar-refractivity contribution in [1.82, 2.24) is 0 Å². The molecule has 8 nitrogen and oxygen atoms in total. The van der Waals surface area contributed by atoms with Gasteiger partial charge in [-0.3, -0.25) is 0 Å². The molecule has 320 valence electrons. The van der Waals surface area contributed by atoms with Gasteiger partial charge in [-0.05, 0) is 114 Å². The van der Waals surface area contributed by atoms with Crippen LogP contribution in [-0.2, 0) is 18.9 Å². The molecule has 9 heteroatoms. The molecule has 0 aromatic heterocycles. The zero-order valence-electron chi connectivity index (χ0n) is 36.2. The third-order valence-corrected chi connectivity index (χ3v) is 16.6. The van der Waals surface area contributed by atoms with E-state index in [1.165, 1.54) is 28.4 Å². The number of carbonyl (C=O) groups is 4. The molecule has 0 heterocycles. The van der Waals surface area contributed by atoms with Gasteiger partial charge in [0.25, 0.3) is 0 Å². The lowest BCUT2D eigenvalue weighted by atomic mass is 10.0. The number of hydrogen-bond donors (Lipinski definition) is 0. The van der Waals surface area contributed by atoms with E-state index in [0.29, 0.717) is 22.3 Å². The maximum Gasteiger partial charge on any atom is 0.337 e. The minimum atomic E-state index is -3.16. The van der Waals surface area contributed by atoms with Crippen LogP contribution in [0.2, 0.25) is 0 Å². The third kappa shape index (κ3) is 8.78. The normalized spacial score (nSPS) is 11.0. The van der Waals surface area contributed by atoms with E-state index in [4.69, 9.17) is 18.9 Å². The van der Waals surface area contributed by atoms with Crippen LogP contribution in [0.3, 0.4) is 0 Å². The Morgan fingerprint density at radius 1 is 0.246 bits per heavy atom. The van der Waals surface area contributed by atoms with Gasteiger partial charge >= 0.3 is 23.9 Å². The molecule has 0 amide bonds. The fraction of sp³-hybridized carbons (Fsp3) is 0.0714. The predicted molar refractivity (Wildman–Crippen MR) is 257 cm³/mol. The average molecular weight is 873 g/mol. The van der Waals surface area contributed by atoms with E-state index >= 15 is 0 Å². The largest absolute Gasteiger partial charge is 0.465 e. The van der Waals surface area contributed by atoms with Gasteiger partial charge in [-0.1, -0.05) is 146 Å². The number of benzene rings is 8. The highest BCUT2D eigenvalue weighted by Crippen LogP contribution is 2.26. The molecule has 0 fully saturated rings. The van der Waals surface area contributed by atoms with Crippen molar-refractivity contribution in [2.24, 2.45) is 0 Å². The van der Waals surface area contributed by atoms with Gasteiger partial charge in [0, 0.05) is 0 Å². The molecule has 0 aliphatic rings. The molecule has 8 aromatic rings. The van der Waals surface area contributed by atoms with E-state index in [2.05, 4.69) is 97.1 Å². The van der Waals surface area contributed by atoms with Gasteiger partial charge in [0.2, 0.25) is 0 Å². The first-order chi connectivity index (χ1) is 31.7. The zero-order chi connectivity index (χ0) is 45.5. The summed E-state index contributed by atoms with van der Waals surface area (Å²) in [6.07, 6.45) is 0. The van der Waals surface area contributed by atoms with Crippen LogP contribution >= 0.6 is 0 Å². The molecule has 0 saturated carbocycles. The van der Waals surface area contributed by atoms with Crippen LogP contribution in [0.4, 0.5) is 0 Å². The Morgan fingerprint density at radius 2 is 0.385 bits per heavy atom. The van der Waals surface area contributed by atoms with Crippen molar-refractivity contribution in [1.29, 1.82) is 0 Å². The highest BCUT2D eigenvalue weighted by molar-refractivity contribution is 7.19. The van der Waals surface area contributed by atoms with Crippen molar-refractivity contribution >= 4 is 52.7 Å². The Kier molecular flexibility index (Phi) is 12.8. The van der Waals surface area contributed by atoms with E-state index in [9.17, 15) is 19.2 Å². The summed E-state index contributed by atoms with van der Waals surface area (Å²) in [6, 6.07) is 64.4. The molecule has 0 saturated heterocycles. The summed E-state index contributed by atoms with van der Waals surface area (Å²) in [5, 5.41) is 4.59. The highest BCUT2D eigenvalue weighted by atomic mass is 28.3. The average Bonchev–Trinajstić information content (AvgIpc) is 3.39. The second kappa shape index (κ2) is 19.1. The van der Waals surface area contributed by atoms with Gasteiger partial charge in [-0.2, -0.15) is 0 Å². The molecule has 8 aromatic carbocycles. The van der Waals surface area contributed by atoms with E-state index in [1.807, 2.05) is 48.5 Å². The number of methoxy groups -OCH3 is 4. The van der Waals surface area contributed by atoms with Gasteiger partial charge in [0.15, 0.2) is 8.07 Å². The second-order valence-electron chi connectivity index (χ2n) is 15.3. The Hall–Kier alpha value is -8.14. The molecule has 8 rings (SSSR count). The first-order valence-corrected chi connectivity index (χ1v) is 22.8. The predicted octanol–water partition coefficient (Wildman–Crippen LogP) is 8.88. The van der Waals surface area contributed by atoms with Crippen molar-refractivity contribution in [3.05, 3.63) is 216 Å². The fourth-order valence-corrected chi connectivity index (χ4v) is 13.0. The summed E-state index contributed by atoms with van der Waals surface area (Å²) in [5.74, 6) is -1.55. The number of rotatable bonds is 12. The van der Waals surface area contributed by atoms with E-state index in [0.717, 1.165) is 65.3 Å². The second-order valence-corrected chi connectivity index (χ2v) is 19.1. The summed E-state index contributed by atoms with van der Waals surface area (Å²) in [7, 11) is 2.33. The van der Waals surface area contributed by atoms with Crippen LogP contribution in [0.1, 0.15) is 41.4 Å². The van der Waals surface area contributed by atoms with E-state index < -0.39 is 8.07 Å². The Balaban J connectivity index is 1.29. The number of esters is 4. The molecular formula is C56H44O8Si. The summed E-state index contributed by atoms with van der Waals surface area (Å²) >= 11 is 0. The lowest BCUT2D eigenvalue weighted by molar-refractivity contribution is 0.0592. The molecule has 0 atom stereocenters. The zero-order valence-corrected chi connectivity index (χ0v) is 37.2. The van der Waals surface area contributed by atoms with Gasteiger partial charge in [0.1, 0.15) is 0 Å². The summed E-state index contributed by atoms with van der Waals surface area (Å²) < 4.78 is 19.7. The van der Waals surface area contributed by atoms with Gasteiger partial charge in [-0.25, -0.2) is 19.2 Å². The van der Waals surface area contributed by atoms with Crippen molar-refractivity contribution in [3.8, 4) is 44.5 Å². The SMILES string of the molecule is COC(=O)c1ccc(-c2ccc([Si](c3ccc(-c4ccc(C(=O)OC)cc4)cc3)(c3ccc(-c4ccc(C(=O)OC)cc4)cc3)c3ccc(-c4ccc(C(=O)OC)cc4)cc3)cc2)cc1. The molecular weight excluding hydrogens is 829 g/mol. The quantitative estimate of drug-likeness (QED) is 0.0519. The summed E-state index contributed by atoms with van der Waals surface area (Å²) in [5.41, 5.74) is 9.75. The van der Waals surface area contributed by atoms with Crippen LogP contribution in [0, 0.1) is 0 Å². The Labute approximate surface area is 378 Å². The van der Waals surface area contributed by atoms with E-state index in [1.54, 1.807) is 48.5 Å². The molecule has 65 heavy (non-hydrogen) atoms. The molecule has 0 radical (unpaired) electrons. The summed E-state index contributed by atoms with van der Waals surface area (Å²) in [6.45, 7) is 0. The lowest BCUT2D eigenvalue weighted by Crippen LogP contribution is -2.74. The van der Waals surface area contributed by atoms with Crippen LogP contribution in [0.5, 0.6) is 0 Å². The summed E-state index contributed by atoms with van der Waals surface area (Å²) in [4.78, 5) is 48.8. The molecule has 0 N–H and O–H groups in total. The van der Waals surface area contributed by atoms with Gasteiger partial charge in [-0.15, -0.1) is 0 Å². The van der Waals surface area contributed by atoms with E-state index in [-0.39, 0.29) is 23.9 Å². The molecule has 0 spiro atoms. The number of carbonyl (C=O) groups excluding carboxylic acids is 4.